The van der Waals surface area contributed by atoms with E-state index in [1.807, 2.05) is 24.3 Å². The first-order valence-corrected chi connectivity index (χ1v) is 6.41. The van der Waals surface area contributed by atoms with Gasteiger partial charge in [0.15, 0.2) is 11.5 Å². The van der Waals surface area contributed by atoms with Gasteiger partial charge in [0, 0.05) is 16.3 Å². The summed E-state index contributed by atoms with van der Waals surface area (Å²) in [6.07, 6.45) is 0. The third kappa shape index (κ3) is 3.08. The molecule has 0 fully saturated rings. The first-order valence-electron chi connectivity index (χ1n) is 6.03. The molecule has 0 saturated carbocycles. The topological polar surface area (TPSA) is 53.7 Å². The molecule has 5 heteroatoms. The fourth-order valence-corrected chi connectivity index (χ4v) is 2.03. The Kier molecular flexibility index (Phi) is 4.58. The molecule has 0 heterocycles. The SMILES string of the molecule is COc1cccc(OC)c1OCc1ccc(N)cc1Cl. The molecule has 0 bridgehead atoms. The second-order valence-electron chi connectivity index (χ2n) is 4.13. The Morgan fingerprint density at radius 1 is 1.05 bits per heavy atom. The number of nitrogens with two attached hydrogens (primary N) is 1. The highest BCUT2D eigenvalue weighted by Gasteiger charge is 2.12. The molecule has 0 saturated heterocycles. The zero-order chi connectivity index (χ0) is 14.5. The highest BCUT2D eigenvalue weighted by atomic mass is 35.5. The van der Waals surface area contributed by atoms with Crippen molar-refractivity contribution in [3.63, 3.8) is 0 Å². The second kappa shape index (κ2) is 6.39. The van der Waals surface area contributed by atoms with Gasteiger partial charge in [-0.25, -0.2) is 0 Å². The van der Waals surface area contributed by atoms with E-state index < -0.39 is 0 Å². The van der Waals surface area contributed by atoms with Gasteiger partial charge in [0.05, 0.1) is 14.2 Å². The lowest BCUT2D eigenvalue weighted by molar-refractivity contribution is 0.266. The largest absolute Gasteiger partial charge is 0.493 e. The molecule has 2 aromatic carbocycles. The number of anilines is 1. The zero-order valence-electron chi connectivity index (χ0n) is 11.4. The van der Waals surface area contributed by atoms with Crippen LogP contribution in [-0.2, 0) is 6.61 Å². The summed E-state index contributed by atoms with van der Waals surface area (Å²) in [6, 6.07) is 10.8. The standard InChI is InChI=1S/C15H16ClNO3/c1-18-13-4-3-5-14(19-2)15(13)20-9-10-6-7-11(17)8-12(10)16/h3-8H,9,17H2,1-2H3. The van der Waals surface area contributed by atoms with Crippen molar-refractivity contribution in [2.45, 2.75) is 6.61 Å². The maximum atomic E-state index is 6.12. The average Bonchev–Trinajstić information content (AvgIpc) is 2.46. The first kappa shape index (κ1) is 14.3. The molecule has 0 radical (unpaired) electrons. The van der Waals surface area contributed by atoms with Crippen molar-refractivity contribution >= 4 is 17.3 Å². The van der Waals surface area contributed by atoms with Crippen molar-refractivity contribution in [3.05, 3.63) is 47.0 Å². The van der Waals surface area contributed by atoms with E-state index in [4.69, 9.17) is 31.5 Å². The summed E-state index contributed by atoms with van der Waals surface area (Å²) >= 11 is 6.12. The smallest absolute Gasteiger partial charge is 0.203 e. The van der Waals surface area contributed by atoms with E-state index in [-0.39, 0.29) is 0 Å². The van der Waals surface area contributed by atoms with Gasteiger partial charge in [-0.05, 0) is 24.3 Å². The predicted molar refractivity (Wildman–Crippen MR) is 79.7 cm³/mol. The molecule has 0 aromatic heterocycles. The lowest BCUT2D eigenvalue weighted by Gasteiger charge is -2.14. The number of hydrogen-bond acceptors (Lipinski definition) is 4. The van der Waals surface area contributed by atoms with Crippen LogP contribution in [0.25, 0.3) is 0 Å². The minimum Gasteiger partial charge on any atom is -0.493 e. The van der Waals surface area contributed by atoms with E-state index in [0.29, 0.717) is 34.6 Å². The van der Waals surface area contributed by atoms with Crippen LogP contribution in [0.15, 0.2) is 36.4 Å². The van der Waals surface area contributed by atoms with Gasteiger partial charge < -0.3 is 19.9 Å². The minimum absolute atomic E-state index is 0.301. The lowest BCUT2D eigenvalue weighted by Crippen LogP contribution is -2.01. The van der Waals surface area contributed by atoms with Gasteiger partial charge in [-0.15, -0.1) is 0 Å². The van der Waals surface area contributed by atoms with Crippen LogP contribution in [-0.4, -0.2) is 14.2 Å². The molecule has 0 aliphatic rings. The Bertz CT molecular complexity index is 579. The molecule has 4 nitrogen and oxygen atoms in total. The van der Waals surface area contributed by atoms with Crippen LogP contribution >= 0.6 is 11.6 Å². The molecule has 0 aliphatic heterocycles. The summed E-state index contributed by atoms with van der Waals surface area (Å²) in [5.41, 5.74) is 7.12. The zero-order valence-corrected chi connectivity index (χ0v) is 12.1. The van der Waals surface area contributed by atoms with E-state index in [9.17, 15) is 0 Å². The summed E-state index contributed by atoms with van der Waals surface area (Å²) in [5, 5.41) is 0.568. The number of ether oxygens (including phenoxy) is 3. The Balaban J connectivity index is 2.22. The Hall–Kier alpha value is -2.07. The maximum absolute atomic E-state index is 6.12. The third-order valence-electron chi connectivity index (χ3n) is 2.83. The number of halogens is 1. The van der Waals surface area contributed by atoms with Gasteiger partial charge in [0.25, 0.3) is 0 Å². The van der Waals surface area contributed by atoms with E-state index in [1.165, 1.54) is 0 Å². The molecule has 0 amide bonds. The van der Waals surface area contributed by atoms with Crippen LogP contribution in [0.2, 0.25) is 5.02 Å². The van der Waals surface area contributed by atoms with E-state index in [1.54, 1.807) is 26.4 Å². The van der Waals surface area contributed by atoms with Gasteiger partial charge in [-0.3, -0.25) is 0 Å². The van der Waals surface area contributed by atoms with Crippen molar-refractivity contribution < 1.29 is 14.2 Å². The van der Waals surface area contributed by atoms with E-state index >= 15 is 0 Å². The second-order valence-corrected chi connectivity index (χ2v) is 4.54. The molecule has 0 atom stereocenters. The van der Waals surface area contributed by atoms with Gasteiger partial charge >= 0.3 is 0 Å². The highest BCUT2D eigenvalue weighted by Crippen LogP contribution is 2.37. The monoisotopic (exact) mass is 293 g/mol. The molecule has 0 unspecified atom stereocenters. The van der Waals surface area contributed by atoms with Crippen LogP contribution in [0, 0.1) is 0 Å². The van der Waals surface area contributed by atoms with Crippen LogP contribution < -0.4 is 19.9 Å². The van der Waals surface area contributed by atoms with Crippen molar-refractivity contribution in [3.8, 4) is 17.2 Å². The predicted octanol–water partition coefficient (Wildman–Crippen LogP) is 3.52. The summed E-state index contributed by atoms with van der Waals surface area (Å²) in [6.45, 7) is 0.301. The third-order valence-corrected chi connectivity index (χ3v) is 3.18. The number of nitrogen functional groups attached to an aromatic ring is 1. The van der Waals surface area contributed by atoms with Crippen LogP contribution in [0.1, 0.15) is 5.56 Å². The Morgan fingerprint density at radius 3 is 2.25 bits per heavy atom. The van der Waals surface area contributed by atoms with Crippen molar-refractivity contribution in [1.82, 2.24) is 0 Å². The molecule has 20 heavy (non-hydrogen) atoms. The number of rotatable bonds is 5. The number of para-hydroxylation sites is 1. The fourth-order valence-electron chi connectivity index (χ4n) is 1.79. The van der Waals surface area contributed by atoms with E-state index in [0.717, 1.165) is 5.56 Å². The fraction of sp³-hybridized carbons (Fsp3) is 0.200. The summed E-state index contributed by atoms with van der Waals surface area (Å²) in [5.74, 6) is 1.76. The maximum Gasteiger partial charge on any atom is 0.203 e. The van der Waals surface area contributed by atoms with Gasteiger partial charge in [-0.2, -0.15) is 0 Å². The van der Waals surface area contributed by atoms with E-state index in [2.05, 4.69) is 0 Å². The van der Waals surface area contributed by atoms with Crippen molar-refractivity contribution in [2.24, 2.45) is 0 Å². The minimum atomic E-state index is 0.301. The van der Waals surface area contributed by atoms with Crippen molar-refractivity contribution in [1.29, 1.82) is 0 Å². The van der Waals surface area contributed by atoms with Crippen LogP contribution in [0.4, 0.5) is 5.69 Å². The molecular formula is C15H16ClNO3. The van der Waals surface area contributed by atoms with Gasteiger partial charge in [0.1, 0.15) is 6.61 Å². The van der Waals surface area contributed by atoms with Gasteiger partial charge in [-0.1, -0.05) is 23.7 Å². The summed E-state index contributed by atoms with van der Waals surface area (Å²) in [4.78, 5) is 0. The number of benzene rings is 2. The lowest BCUT2D eigenvalue weighted by atomic mass is 10.2. The Labute approximate surface area is 123 Å². The quantitative estimate of drug-likeness (QED) is 0.857. The molecule has 2 rings (SSSR count). The number of hydrogen-bond donors (Lipinski definition) is 1. The number of methoxy groups -OCH3 is 2. The first-order chi connectivity index (χ1) is 9.65. The molecule has 106 valence electrons. The average molecular weight is 294 g/mol. The van der Waals surface area contributed by atoms with Crippen LogP contribution in [0.5, 0.6) is 17.2 Å². The Morgan fingerprint density at radius 2 is 1.70 bits per heavy atom. The normalized spacial score (nSPS) is 10.2. The molecular weight excluding hydrogens is 278 g/mol. The van der Waals surface area contributed by atoms with Crippen molar-refractivity contribution in [2.75, 3.05) is 20.0 Å². The molecule has 2 N–H and O–H groups in total. The molecule has 0 aliphatic carbocycles. The summed E-state index contributed by atoms with van der Waals surface area (Å²) < 4.78 is 16.3. The highest BCUT2D eigenvalue weighted by molar-refractivity contribution is 6.31. The van der Waals surface area contributed by atoms with Gasteiger partial charge in [0.2, 0.25) is 5.75 Å². The van der Waals surface area contributed by atoms with Crippen LogP contribution in [0.3, 0.4) is 0 Å². The molecule has 2 aromatic rings. The summed E-state index contributed by atoms with van der Waals surface area (Å²) in [7, 11) is 3.16. The molecule has 0 spiro atoms.